The molecule has 0 saturated carbocycles. The molecular weight excluding hydrogens is 431 g/mol. The van der Waals surface area contributed by atoms with Gasteiger partial charge in [-0.1, -0.05) is 54.6 Å². The van der Waals surface area contributed by atoms with Crippen LogP contribution in [-0.4, -0.2) is 39.0 Å². The van der Waals surface area contributed by atoms with E-state index in [0.29, 0.717) is 29.7 Å². The van der Waals surface area contributed by atoms with E-state index in [0.717, 1.165) is 16.8 Å². The summed E-state index contributed by atoms with van der Waals surface area (Å²) in [5.41, 5.74) is 3.91. The summed E-state index contributed by atoms with van der Waals surface area (Å²) in [7, 11) is 0. The first kappa shape index (κ1) is 21.7. The number of carbonyl (C=O) groups excluding carboxylic acids is 1. The SMILES string of the molecule is O=C(Nc1cccc(-c2ccccc2F)c1)N1N=C(c2cccnc2)CC1C1=CC=CCC1O. The first-order chi connectivity index (χ1) is 16.6. The number of pyridine rings is 1. The number of amides is 2. The van der Waals surface area contributed by atoms with Crippen molar-refractivity contribution in [1.29, 1.82) is 0 Å². The van der Waals surface area contributed by atoms with Crippen LogP contribution >= 0.6 is 0 Å². The Balaban J connectivity index is 1.44. The predicted octanol–water partition coefficient (Wildman–Crippen LogP) is 5.15. The molecule has 6 nitrogen and oxygen atoms in total. The maximum atomic E-state index is 14.3. The van der Waals surface area contributed by atoms with Crippen molar-refractivity contribution >= 4 is 17.4 Å². The van der Waals surface area contributed by atoms with E-state index in [4.69, 9.17) is 0 Å². The van der Waals surface area contributed by atoms with Crippen molar-refractivity contribution in [1.82, 2.24) is 9.99 Å². The summed E-state index contributed by atoms with van der Waals surface area (Å²) in [6.07, 6.45) is 9.29. The average Bonchev–Trinajstić information content (AvgIpc) is 3.31. The maximum absolute atomic E-state index is 14.3. The van der Waals surface area contributed by atoms with E-state index in [-0.39, 0.29) is 5.82 Å². The third kappa shape index (κ3) is 4.38. The van der Waals surface area contributed by atoms with Crippen molar-refractivity contribution in [2.45, 2.75) is 25.0 Å². The van der Waals surface area contributed by atoms with Crippen LogP contribution in [0.4, 0.5) is 14.9 Å². The predicted molar refractivity (Wildman–Crippen MR) is 130 cm³/mol. The van der Waals surface area contributed by atoms with Crippen molar-refractivity contribution < 1.29 is 14.3 Å². The summed E-state index contributed by atoms with van der Waals surface area (Å²) in [5.74, 6) is -0.331. The first-order valence-corrected chi connectivity index (χ1v) is 11.1. The molecule has 2 amide bonds. The molecule has 7 heteroatoms. The number of aromatic nitrogens is 1. The number of hydrogen-bond donors (Lipinski definition) is 2. The number of carbonyl (C=O) groups is 1. The lowest BCUT2D eigenvalue weighted by Gasteiger charge is -2.28. The van der Waals surface area contributed by atoms with Gasteiger partial charge in [0.2, 0.25) is 0 Å². The molecule has 2 unspecified atom stereocenters. The summed E-state index contributed by atoms with van der Waals surface area (Å²) in [6.45, 7) is 0. The molecule has 170 valence electrons. The minimum absolute atomic E-state index is 0.331. The highest BCUT2D eigenvalue weighted by Crippen LogP contribution is 2.31. The van der Waals surface area contributed by atoms with Gasteiger partial charge in [0.05, 0.1) is 17.9 Å². The Morgan fingerprint density at radius 1 is 1.09 bits per heavy atom. The number of benzene rings is 2. The van der Waals surface area contributed by atoms with Crippen LogP contribution in [0.25, 0.3) is 11.1 Å². The molecule has 1 aliphatic carbocycles. The van der Waals surface area contributed by atoms with E-state index >= 15 is 0 Å². The molecule has 2 heterocycles. The van der Waals surface area contributed by atoms with Crippen LogP contribution in [0, 0.1) is 5.82 Å². The molecule has 0 fully saturated rings. The van der Waals surface area contributed by atoms with Gasteiger partial charge in [0.15, 0.2) is 0 Å². The molecule has 0 bridgehead atoms. The van der Waals surface area contributed by atoms with Gasteiger partial charge in [-0.2, -0.15) is 5.10 Å². The van der Waals surface area contributed by atoms with Crippen LogP contribution in [0.3, 0.4) is 0 Å². The standard InChI is InChI=1S/C27H23FN4O2/c28-23-12-3-1-10-21(23)18-7-5-9-20(15-18)30-27(34)32-25(22-11-2-4-13-26(22)33)16-24(31-32)19-8-6-14-29-17-19/h1-12,14-15,17,25-26,33H,13,16H2,(H,30,34). The Labute approximate surface area is 196 Å². The minimum atomic E-state index is -0.682. The van der Waals surface area contributed by atoms with E-state index < -0.39 is 18.2 Å². The van der Waals surface area contributed by atoms with Crippen molar-refractivity contribution in [3.63, 3.8) is 0 Å². The number of nitrogens with zero attached hydrogens (tertiary/aromatic N) is 3. The average molecular weight is 455 g/mol. The van der Waals surface area contributed by atoms with Crippen molar-refractivity contribution in [3.05, 3.63) is 108 Å². The van der Waals surface area contributed by atoms with Gasteiger partial charge in [-0.3, -0.25) is 4.98 Å². The lowest BCUT2D eigenvalue weighted by Crippen LogP contribution is -2.40. The van der Waals surface area contributed by atoms with Crippen LogP contribution in [-0.2, 0) is 0 Å². The fourth-order valence-corrected chi connectivity index (χ4v) is 4.27. The Hall–Kier alpha value is -4.10. The lowest BCUT2D eigenvalue weighted by atomic mass is 9.91. The van der Waals surface area contributed by atoms with Crippen LogP contribution in [0.1, 0.15) is 18.4 Å². The highest BCUT2D eigenvalue weighted by atomic mass is 19.1. The zero-order valence-electron chi connectivity index (χ0n) is 18.3. The number of aliphatic hydroxyl groups is 1. The van der Waals surface area contributed by atoms with E-state index in [1.807, 2.05) is 30.4 Å². The van der Waals surface area contributed by atoms with Crippen molar-refractivity contribution in [2.24, 2.45) is 5.10 Å². The third-order valence-electron chi connectivity index (χ3n) is 5.97. The highest BCUT2D eigenvalue weighted by molar-refractivity contribution is 6.04. The number of nitrogens with one attached hydrogen (secondary N) is 1. The molecule has 3 aromatic rings. The molecule has 2 aromatic carbocycles. The fourth-order valence-electron chi connectivity index (χ4n) is 4.27. The van der Waals surface area contributed by atoms with Crippen LogP contribution < -0.4 is 5.32 Å². The van der Waals surface area contributed by atoms with E-state index in [2.05, 4.69) is 15.4 Å². The van der Waals surface area contributed by atoms with Crippen LogP contribution in [0.15, 0.2) is 102 Å². The second kappa shape index (κ2) is 9.41. The molecule has 0 saturated heterocycles. The van der Waals surface area contributed by atoms with Gasteiger partial charge in [-0.05, 0) is 41.8 Å². The molecular formula is C27H23FN4O2. The Kier molecular flexibility index (Phi) is 6.01. The van der Waals surface area contributed by atoms with Gasteiger partial charge in [0.25, 0.3) is 0 Å². The molecule has 2 aliphatic rings. The van der Waals surface area contributed by atoms with Crippen LogP contribution in [0.5, 0.6) is 0 Å². The molecule has 1 aromatic heterocycles. The lowest BCUT2D eigenvalue weighted by molar-refractivity contribution is 0.174. The number of urea groups is 1. The maximum Gasteiger partial charge on any atom is 0.342 e. The summed E-state index contributed by atoms with van der Waals surface area (Å²) in [6, 6.07) is 16.4. The molecule has 0 spiro atoms. The Bertz CT molecular complexity index is 1300. The molecule has 0 radical (unpaired) electrons. The summed E-state index contributed by atoms with van der Waals surface area (Å²) in [4.78, 5) is 17.5. The summed E-state index contributed by atoms with van der Waals surface area (Å²) < 4.78 is 14.3. The normalized spacial score (nSPS) is 19.5. The number of allylic oxidation sites excluding steroid dienone is 2. The van der Waals surface area contributed by atoms with Gasteiger partial charge in [0, 0.05) is 35.6 Å². The first-order valence-electron chi connectivity index (χ1n) is 11.1. The number of aliphatic hydroxyl groups excluding tert-OH is 1. The van der Waals surface area contributed by atoms with Gasteiger partial charge in [-0.15, -0.1) is 0 Å². The Morgan fingerprint density at radius 3 is 2.74 bits per heavy atom. The van der Waals surface area contributed by atoms with Gasteiger partial charge in [0.1, 0.15) is 5.82 Å². The summed E-state index contributed by atoms with van der Waals surface area (Å²) >= 11 is 0. The minimum Gasteiger partial charge on any atom is -0.388 e. The summed E-state index contributed by atoms with van der Waals surface area (Å²) in [5, 5.41) is 19.5. The molecule has 2 N–H and O–H groups in total. The van der Waals surface area contributed by atoms with E-state index in [1.165, 1.54) is 11.1 Å². The monoisotopic (exact) mass is 454 g/mol. The molecule has 34 heavy (non-hydrogen) atoms. The second-order valence-electron chi connectivity index (χ2n) is 8.19. The smallest absolute Gasteiger partial charge is 0.342 e. The second-order valence-corrected chi connectivity index (χ2v) is 8.19. The zero-order valence-corrected chi connectivity index (χ0v) is 18.3. The topological polar surface area (TPSA) is 77.8 Å². The van der Waals surface area contributed by atoms with Crippen LogP contribution in [0.2, 0.25) is 0 Å². The third-order valence-corrected chi connectivity index (χ3v) is 5.97. The number of anilines is 1. The van der Waals surface area contributed by atoms with Crippen molar-refractivity contribution in [2.75, 3.05) is 5.32 Å². The van der Waals surface area contributed by atoms with E-state index in [1.54, 1.807) is 54.9 Å². The number of rotatable bonds is 4. The number of hydrazone groups is 1. The number of hydrogen-bond acceptors (Lipinski definition) is 4. The quantitative estimate of drug-likeness (QED) is 0.573. The van der Waals surface area contributed by atoms with Gasteiger partial charge in [-0.25, -0.2) is 14.2 Å². The highest BCUT2D eigenvalue weighted by Gasteiger charge is 2.37. The van der Waals surface area contributed by atoms with Gasteiger partial charge >= 0.3 is 6.03 Å². The fraction of sp³-hybridized carbons (Fsp3) is 0.148. The van der Waals surface area contributed by atoms with Gasteiger partial charge < -0.3 is 10.4 Å². The Morgan fingerprint density at radius 2 is 1.94 bits per heavy atom. The largest absolute Gasteiger partial charge is 0.388 e. The molecule has 5 rings (SSSR count). The number of halogens is 1. The molecule has 1 aliphatic heterocycles. The van der Waals surface area contributed by atoms with Crippen molar-refractivity contribution in [3.8, 4) is 11.1 Å². The molecule has 2 atom stereocenters. The zero-order chi connectivity index (χ0) is 23.5. The van der Waals surface area contributed by atoms with E-state index in [9.17, 15) is 14.3 Å².